The Morgan fingerprint density at radius 2 is 1.88 bits per heavy atom. The van der Waals surface area contributed by atoms with Crippen LogP contribution in [0.15, 0.2) is 61.2 Å². The Morgan fingerprint density at radius 1 is 1.12 bits per heavy atom. The van der Waals surface area contributed by atoms with Gasteiger partial charge in [0.05, 0.1) is 28.0 Å². The lowest BCUT2D eigenvalue weighted by molar-refractivity contribution is 0.0751. The second-order valence-electron chi connectivity index (χ2n) is 11.2. The summed E-state index contributed by atoms with van der Waals surface area (Å²) in [5.74, 6) is 1.93. The molecule has 1 aliphatic heterocycles. The van der Waals surface area contributed by atoms with E-state index in [4.69, 9.17) is 27.1 Å². The highest BCUT2D eigenvalue weighted by atomic mass is 35.5. The summed E-state index contributed by atoms with van der Waals surface area (Å²) in [6.45, 7) is 6.92. The number of fused-ring (bicyclic) bond motifs is 2. The van der Waals surface area contributed by atoms with E-state index in [-0.39, 0.29) is 23.8 Å². The first-order valence-corrected chi connectivity index (χ1v) is 13.8. The van der Waals surface area contributed by atoms with Crippen molar-refractivity contribution in [2.45, 2.75) is 32.4 Å². The van der Waals surface area contributed by atoms with Crippen molar-refractivity contribution in [1.82, 2.24) is 39.4 Å². The second kappa shape index (κ2) is 9.35. The number of amides is 1. The molecule has 7 rings (SSSR count). The van der Waals surface area contributed by atoms with Crippen molar-refractivity contribution < 1.29 is 9.53 Å². The fraction of sp³-hybridized carbons (Fsp3) is 0.310. The molecule has 1 amide bonds. The van der Waals surface area contributed by atoms with E-state index in [9.17, 15) is 4.79 Å². The summed E-state index contributed by atoms with van der Waals surface area (Å²) in [4.78, 5) is 28.4. The number of carbonyl (C=O) groups excluding carboxylic acids is 1. The van der Waals surface area contributed by atoms with Gasteiger partial charge in [-0.1, -0.05) is 17.7 Å². The van der Waals surface area contributed by atoms with Crippen LogP contribution in [0.5, 0.6) is 5.88 Å². The van der Waals surface area contributed by atoms with Crippen molar-refractivity contribution in [3.05, 3.63) is 83.0 Å². The summed E-state index contributed by atoms with van der Waals surface area (Å²) in [5.41, 5.74) is 8.78. The Balaban J connectivity index is 1.09. The largest absolute Gasteiger partial charge is 0.474 e. The number of halogens is 1. The van der Waals surface area contributed by atoms with E-state index < -0.39 is 5.54 Å². The molecule has 208 valence electrons. The highest BCUT2D eigenvalue weighted by molar-refractivity contribution is 6.35. The lowest BCUT2D eigenvalue weighted by atomic mass is 9.96. The smallest absolute Gasteiger partial charge is 0.257 e. The van der Waals surface area contributed by atoms with E-state index in [2.05, 4.69) is 20.2 Å². The van der Waals surface area contributed by atoms with Gasteiger partial charge < -0.3 is 15.4 Å². The monoisotopic (exact) mass is 569 g/mol. The topological polar surface area (TPSA) is 130 Å². The van der Waals surface area contributed by atoms with Crippen LogP contribution in [0.3, 0.4) is 0 Å². The van der Waals surface area contributed by atoms with Crippen LogP contribution in [0, 0.1) is 18.8 Å². The maximum absolute atomic E-state index is 13.4. The molecule has 1 saturated heterocycles. The molecule has 5 heterocycles. The number of rotatable bonds is 6. The molecule has 5 aromatic rings. The van der Waals surface area contributed by atoms with Crippen LogP contribution in [0.1, 0.15) is 35.5 Å². The maximum Gasteiger partial charge on any atom is 0.257 e. The quantitative estimate of drug-likeness (QED) is 0.328. The highest BCUT2D eigenvalue weighted by Crippen LogP contribution is 2.48. The molecule has 2 aliphatic rings. The van der Waals surface area contributed by atoms with Gasteiger partial charge in [0, 0.05) is 60.5 Å². The first kappa shape index (κ1) is 25.6. The van der Waals surface area contributed by atoms with Crippen molar-refractivity contribution in [2.75, 3.05) is 13.1 Å². The summed E-state index contributed by atoms with van der Waals surface area (Å²) >= 11 is 6.38. The van der Waals surface area contributed by atoms with Crippen molar-refractivity contribution >= 4 is 28.4 Å². The van der Waals surface area contributed by atoms with Crippen LogP contribution < -0.4 is 10.5 Å². The second-order valence-corrected chi connectivity index (χ2v) is 11.7. The highest BCUT2D eigenvalue weighted by Gasteiger charge is 2.59. The van der Waals surface area contributed by atoms with Gasteiger partial charge in [-0.15, -0.1) is 0 Å². The predicted molar refractivity (Wildman–Crippen MR) is 152 cm³/mol. The molecule has 12 heteroatoms. The molecular weight excluding hydrogens is 542 g/mol. The molecule has 0 bridgehead atoms. The predicted octanol–water partition coefficient (Wildman–Crippen LogP) is 3.70. The van der Waals surface area contributed by atoms with Crippen LogP contribution in [0.25, 0.3) is 22.7 Å². The van der Waals surface area contributed by atoms with Gasteiger partial charge in [-0.2, -0.15) is 15.2 Å². The molecule has 4 aromatic heterocycles. The minimum absolute atomic E-state index is 0.0270. The van der Waals surface area contributed by atoms with E-state index >= 15 is 0 Å². The Hall–Kier alpha value is -4.35. The fourth-order valence-corrected chi connectivity index (χ4v) is 5.75. The Morgan fingerprint density at radius 3 is 2.61 bits per heavy atom. The molecule has 3 atom stereocenters. The van der Waals surface area contributed by atoms with Gasteiger partial charge >= 0.3 is 0 Å². The number of nitrogens with two attached hydrogens (primary N) is 1. The third kappa shape index (κ3) is 4.51. The van der Waals surface area contributed by atoms with Gasteiger partial charge in [0.25, 0.3) is 5.91 Å². The summed E-state index contributed by atoms with van der Waals surface area (Å²) in [6, 6.07) is 11.2. The molecule has 2 fully saturated rings. The standard InChI is InChI=1S/C29H28ClN9O2/c1-16-19(15-38(36-16)28-32-8-5-9-33-28)27(40)37-13-20-21(14-37)26(20)41-25-11-17(29(2,3)31)10-24(35-25)39-23-7-4-6-22(30)18(23)12-34-39/h4-12,15,20-21,26H,13-14,31H2,1-3H3/t20-,21+,26+. The molecule has 1 aliphatic carbocycles. The molecule has 0 spiro atoms. The van der Waals surface area contributed by atoms with Gasteiger partial charge in [-0.05, 0) is 50.6 Å². The zero-order valence-corrected chi connectivity index (χ0v) is 23.5. The molecule has 0 radical (unpaired) electrons. The lowest BCUT2D eigenvalue weighted by Gasteiger charge is -2.22. The lowest BCUT2D eigenvalue weighted by Crippen LogP contribution is -2.33. The average Bonchev–Trinajstić information content (AvgIpc) is 3.40. The molecular formula is C29H28ClN9O2. The summed E-state index contributed by atoms with van der Waals surface area (Å²) in [5, 5.41) is 10.5. The Bertz CT molecular complexity index is 1780. The van der Waals surface area contributed by atoms with Crippen molar-refractivity contribution in [1.29, 1.82) is 0 Å². The number of ether oxygens (including phenoxy) is 1. The molecule has 2 N–H and O–H groups in total. The van der Waals surface area contributed by atoms with Gasteiger partial charge in [0.1, 0.15) is 6.10 Å². The van der Waals surface area contributed by atoms with Gasteiger partial charge in [-0.25, -0.2) is 19.3 Å². The van der Waals surface area contributed by atoms with Gasteiger partial charge in [0.15, 0.2) is 5.82 Å². The van der Waals surface area contributed by atoms with E-state index in [0.717, 1.165) is 16.5 Å². The molecule has 1 aromatic carbocycles. The first-order chi connectivity index (χ1) is 19.7. The average molecular weight is 570 g/mol. The van der Waals surface area contributed by atoms with Crippen LogP contribution in [0.4, 0.5) is 0 Å². The van der Waals surface area contributed by atoms with Gasteiger partial charge in [0.2, 0.25) is 11.8 Å². The number of benzene rings is 1. The zero-order chi connectivity index (χ0) is 28.5. The third-order valence-electron chi connectivity index (χ3n) is 7.86. The SMILES string of the molecule is Cc1nn(-c2ncccn2)cc1C(=O)N1C[C@@H]2[C@H](C1)[C@H]2Oc1cc(C(C)(C)N)cc(-n2ncc3c(Cl)cccc32)n1. The number of nitrogens with zero attached hydrogens (tertiary/aromatic N) is 8. The minimum Gasteiger partial charge on any atom is -0.474 e. The maximum atomic E-state index is 13.4. The molecule has 0 unspecified atom stereocenters. The Labute approximate surface area is 240 Å². The van der Waals surface area contributed by atoms with E-state index in [1.807, 2.05) is 56.0 Å². The normalized spacial score (nSPS) is 19.9. The van der Waals surface area contributed by atoms with Crippen LogP contribution in [0.2, 0.25) is 5.02 Å². The van der Waals surface area contributed by atoms with Crippen molar-refractivity contribution in [2.24, 2.45) is 17.6 Å². The minimum atomic E-state index is -0.619. The fourth-order valence-electron chi connectivity index (χ4n) is 5.53. The number of pyridine rings is 1. The number of aryl methyl sites for hydroxylation is 1. The number of hydrogen-bond donors (Lipinski definition) is 1. The Kier molecular flexibility index (Phi) is 5.84. The van der Waals surface area contributed by atoms with E-state index in [1.54, 1.807) is 35.5 Å². The number of aromatic nitrogens is 7. The summed E-state index contributed by atoms with van der Waals surface area (Å²) in [6.07, 6.45) is 6.69. The third-order valence-corrected chi connectivity index (χ3v) is 8.19. The first-order valence-electron chi connectivity index (χ1n) is 13.4. The van der Waals surface area contributed by atoms with Crippen LogP contribution in [-0.2, 0) is 5.54 Å². The molecule has 11 nitrogen and oxygen atoms in total. The zero-order valence-electron chi connectivity index (χ0n) is 22.8. The number of hydrogen-bond acceptors (Lipinski definition) is 8. The summed E-state index contributed by atoms with van der Waals surface area (Å²) in [7, 11) is 0. The number of carbonyl (C=O) groups is 1. The van der Waals surface area contributed by atoms with Crippen LogP contribution in [-0.4, -0.2) is 64.5 Å². The van der Waals surface area contributed by atoms with Gasteiger partial charge in [-0.3, -0.25) is 4.79 Å². The van der Waals surface area contributed by atoms with Crippen LogP contribution >= 0.6 is 11.6 Å². The van der Waals surface area contributed by atoms with E-state index in [0.29, 0.717) is 47.0 Å². The van der Waals surface area contributed by atoms with Crippen molar-refractivity contribution in [3.63, 3.8) is 0 Å². The summed E-state index contributed by atoms with van der Waals surface area (Å²) < 4.78 is 9.71. The van der Waals surface area contributed by atoms with Crippen molar-refractivity contribution in [3.8, 4) is 17.6 Å². The molecule has 41 heavy (non-hydrogen) atoms. The number of piperidine rings is 1. The molecule has 1 saturated carbocycles. The number of likely N-dealkylation sites (tertiary alicyclic amines) is 1. The van der Waals surface area contributed by atoms with E-state index in [1.165, 1.54) is 4.68 Å².